The number of rotatable bonds is 21. The third-order valence-electron chi connectivity index (χ3n) is 6.30. The van der Waals surface area contributed by atoms with Crippen LogP contribution in [-0.2, 0) is 85.6 Å². The van der Waals surface area contributed by atoms with Gasteiger partial charge >= 0.3 is 0 Å². The second-order valence-electron chi connectivity index (χ2n) is 9.75. The Balaban J connectivity index is -0.000000372. The highest BCUT2D eigenvalue weighted by molar-refractivity contribution is 8.40. The van der Waals surface area contributed by atoms with Gasteiger partial charge in [0.2, 0.25) is 22.9 Å². The van der Waals surface area contributed by atoms with Crippen LogP contribution < -0.4 is 22.1 Å². The van der Waals surface area contributed by atoms with Crippen molar-refractivity contribution in [1.82, 2.24) is 20.4 Å². The first-order valence-electron chi connectivity index (χ1n) is 14.3. The monoisotopic (exact) mass is 860 g/mol. The molecule has 0 saturated carbocycles. The van der Waals surface area contributed by atoms with Crippen molar-refractivity contribution in [2.45, 2.75) is 85.7 Å². The van der Waals surface area contributed by atoms with Crippen LogP contribution in [0.1, 0.15) is 73.6 Å². The average Bonchev–Trinajstić information content (AvgIpc) is 3.58. The SMILES string of the molecule is C.C.C.NC(CCCCNC(=O)CCN1C(=O)C=CC1=O)C(=O)P=S.NC(CCCCNC(=O)CCN1C(=O)C=CC1=O)C(=O)P=S.S=PP=S. The van der Waals surface area contributed by atoms with Gasteiger partial charge < -0.3 is 22.1 Å². The standard InChI is InChI=1S/2C13H18N3O4PS.3CH4.P2S2/c2*14-9(13(20)21-22)3-1-2-7-15-10(17)6-8-16-11(18)4-5-12(16)19;;;;3-1-2-4/h2*4-5,9H,1-3,6-8,14H2,(H,15,17);3*1H4;. The van der Waals surface area contributed by atoms with Crippen molar-refractivity contribution in [3.05, 3.63) is 24.3 Å². The topological polar surface area (TPSA) is 219 Å². The number of nitrogens with one attached hydrogen (secondary N) is 2. The quantitative estimate of drug-likeness (QED) is 0.0740. The second-order valence-corrected chi connectivity index (χ2v) is 16.3. The van der Waals surface area contributed by atoms with Crippen LogP contribution >= 0.6 is 28.8 Å². The van der Waals surface area contributed by atoms with E-state index in [9.17, 15) is 38.4 Å². The van der Waals surface area contributed by atoms with Gasteiger partial charge in [0.05, 0.1) is 26.8 Å². The number of carbonyl (C=O) groups excluding carboxylic acids is 8. The number of hydrogen-bond donors (Lipinski definition) is 4. The van der Waals surface area contributed by atoms with Crippen LogP contribution in [-0.4, -0.2) is 94.6 Å². The fourth-order valence-electron chi connectivity index (χ4n) is 3.72. The molecule has 0 radical (unpaired) electrons. The van der Waals surface area contributed by atoms with E-state index in [0.717, 1.165) is 23.9 Å². The molecule has 286 valence electrons. The number of hydrogen-bond acceptors (Lipinski definition) is 14. The molecule has 2 aliphatic rings. The molecular weight excluding hydrogens is 813 g/mol. The lowest BCUT2D eigenvalue weighted by Crippen LogP contribution is -2.35. The Hall–Kier alpha value is -1.96. The predicted molar refractivity (Wildman–Crippen MR) is 218 cm³/mol. The molecule has 2 atom stereocenters. The molecule has 0 bridgehead atoms. The van der Waals surface area contributed by atoms with E-state index < -0.39 is 35.7 Å². The fourth-order valence-corrected chi connectivity index (χ4v) is 5.06. The van der Waals surface area contributed by atoms with Crippen LogP contribution in [0.3, 0.4) is 0 Å². The summed E-state index contributed by atoms with van der Waals surface area (Å²) in [6.45, 7) is 1.08. The van der Waals surface area contributed by atoms with Gasteiger partial charge in [-0.2, -0.15) is 0 Å². The van der Waals surface area contributed by atoms with Gasteiger partial charge in [-0.3, -0.25) is 48.2 Å². The number of nitrogens with zero attached hydrogens (tertiary/aromatic N) is 2. The molecule has 0 aliphatic carbocycles. The Bertz CT molecular complexity index is 1180. The van der Waals surface area contributed by atoms with E-state index in [0.29, 0.717) is 51.6 Å². The number of unbranched alkanes of at least 4 members (excludes halogenated alkanes) is 2. The smallest absolute Gasteiger partial charge is 0.253 e. The Kier molecular flexibility index (Phi) is 37.0. The highest BCUT2D eigenvalue weighted by Crippen LogP contribution is 2.10. The summed E-state index contributed by atoms with van der Waals surface area (Å²) >= 11 is 18.0. The average molecular weight is 861 g/mol. The van der Waals surface area contributed by atoms with Gasteiger partial charge in [0.25, 0.3) is 23.6 Å². The van der Waals surface area contributed by atoms with Crippen LogP contribution in [0.25, 0.3) is 0 Å². The Morgan fingerprint density at radius 2 is 0.882 bits per heavy atom. The zero-order chi connectivity index (χ0) is 36.5. The lowest BCUT2D eigenvalue weighted by atomic mass is 10.1. The van der Waals surface area contributed by atoms with Gasteiger partial charge in [0.15, 0.2) is 0 Å². The highest BCUT2D eigenvalue weighted by atomic mass is 32.7. The molecule has 2 rings (SSSR count). The zero-order valence-corrected chi connectivity index (χ0v) is 32.5. The molecule has 0 aromatic rings. The van der Waals surface area contributed by atoms with Gasteiger partial charge in [0, 0.05) is 77.4 Å². The molecule has 6 N–H and O–H groups in total. The molecule has 0 spiro atoms. The minimum Gasteiger partial charge on any atom is -0.356 e. The Labute approximate surface area is 327 Å². The third kappa shape index (κ3) is 25.6. The lowest BCUT2D eigenvalue weighted by molar-refractivity contribution is -0.139. The van der Waals surface area contributed by atoms with E-state index in [4.69, 9.17) is 11.5 Å². The van der Waals surface area contributed by atoms with Crippen molar-refractivity contribution in [3.8, 4) is 0 Å². The van der Waals surface area contributed by atoms with Gasteiger partial charge in [-0.05, 0) is 85.8 Å². The van der Waals surface area contributed by atoms with Crippen molar-refractivity contribution >= 4 is 123 Å². The van der Waals surface area contributed by atoms with Crippen LogP contribution in [0.4, 0.5) is 0 Å². The summed E-state index contributed by atoms with van der Waals surface area (Å²) in [5.74, 6) is -2.01. The summed E-state index contributed by atoms with van der Waals surface area (Å²) in [7, 11) is 2.25. The molecule has 2 aliphatic heterocycles. The van der Waals surface area contributed by atoms with E-state index >= 15 is 0 Å². The summed E-state index contributed by atoms with van der Waals surface area (Å²) in [5, 5.41) is 5.39. The van der Waals surface area contributed by atoms with Crippen LogP contribution in [0.2, 0.25) is 0 Å². The number of imide groups is 2. The maximum absolute atomic E-state index is 11.6. The molecule has 0 saturated heterocycles. The lowest BCUT2D eigenvalue weighted by Gasteiger charge is -2.13. The van der Waals surface area contributed by atoms with Crippen molar-refractivity contribution in [3.63, 3.8) is 0 Å². The molecule has 2 unspecified atom stereocenters. The Morgan fingerprint density at radius 1 is 0.588 bits per heavy atom. The first-order valence-corrected chi connectivity index (χ1v) is 22.7. The van der Waals surface area contributed by atoms with Gasteiger partial charge in [0.1, 0.15) is 0 Å². The first kappa shape index (κ1) is 55.8. The highest BCUT2D eigenvalue weighted by Gasteiger charge is 2.24. The maximum Gasteiger partial charge on any atom is 0.253 e. The van der Waals surface area contributed by atoms with E-state index in [1.807, 2.05) is 0 Å². The summed E-state index contributed by atoms with van der Waals surface area (Å²) in [6, 6.07) is -1.07. The first-order chi connectivity index (χ1) is 22.8. The van der Waals surface area contributed by atoms with Gasteiger partial charge in [-0.25, -0.2) is 0 Å². The zero-order valence-electron chi connectivity index (χ0n) is 25.7. The van der Waals surface area contributed by atoms with Gasteiger partial charge in [-0.15, -0.1) is 0 Å². The third-order valence-corrected chi connectivity index (χ3v) is 11.1. The molecule has 51 heavy (non-hydrogen) atoms. The molecule has 22 heteroatoms. The normalized spacial score (nSPS) is 14.0. The maximum atomic E-state index is 11.6. The molecule has 6 amide bonds. The molecule has 2 heterocycles. The molecule has 14 nitrogen and oxygen atoms in total. The number of nitrogens with two attached hydrogens (primary N) is 2. The molecule has 0 aromatic carbocycles. The van der Waals surface area contributed by atoms with E-state index in [-0.39, 0.29) is 85.8 Å². The van der Waals surface area contributed by atoms with Crippen molar-refractivity contribution in [2.24, 2.45) is 11.5 Å². The van der Waals surface area contributed by atoms with Crippen LogP contribution in [0.5, 0.6) is 0 Å². The van der Waals surface area contributed by atoms with E-state index in [1.54, 1.807) is 0 Å². The number of amides is 6. The van der Waals surface area contributed by atoms with Crippen molar-refractivity contribution in [2.75, 3.05) is 26.2 Å². The summed E-state index contributed by atoms with van der Waals surface area (Å²) in [6.07, 6.45) is 8.81. The van der Waals surface area contributed by atoms with E-state index in [2.05, 4.69) is 57.9 Å². The Morgan fingerprint density at radius 3 is 1.14 bits per heavy atom. The summed E-state index contributed by atoms with van der Waals surface area (Å²) in [5.41, 5.74) is 10.9. The van der Waals surface area contributed by atoms with Crippen LogP contribution in [0.15, 0.2) is 24.3 Å². The predicted octanol–water partition coefficient (Wildman–Crippen LogP) is 3.33. The van der Waals surface area contributed by atoms with Gasteiger partial charge in [-0.1, -0.05) is 22.3 Å². The molecular formula is C29H48N6O8P4S4. The molecule has 0 fully saturated rings. The van der Waals surface area contributed by atoms with Crippen LogP contribution in [0, 0.1) is 0 Å². The minimum absolute atomic E-state index is 0. The fraction of sp³-hybridized carbons (Fsp3) is 0.586. The van der Waals surface area contributed by atoms with E-state index in [1.165, 1.54) is 24.3 Å². The largest absolute Gasteiger partial charge is 0.356 e. The summed E-state index contributed by atoms with van der Waals surface area (Å²) < 4.78 is 0. The van der Waals surface area contributed by atoms with Crippen molar-refractivity contribution in [1.29, 1.82) is 0 Å². The minimum atomic E-state index is -0.533. The summed E-state index contributed by atoms with van der Waals surface area (Å²) in [4.78, 5) is 92.7. The second kappa shape index (κ2) is 33.8. The number of carbonyl (C=O) groups is 8. The van der Waals surface area contributed by atoms with Crippen molar-refractivity contribution < 1.29 is 38.4 Å². The molecule has 0 aromatic heterocycles.